The number of hydrogen-bond acceptors (Lipinski definition) is 3. The summed E-state index contributed by atoms with van der Waals surface area (Å²) in [6.07, 6.45) is -3.08. The van der Waals surface area contributed by atoms with Crippen LogP contribution in [0.3, 0.4) is 0 Å². The molecule has 0 bridgehead atoms. The Morgan fingerprint density at radius 3 is 2.50 bits per heavy atom. The molecule has 8 heteroatoms. The average molecular weight is 384 g/mol. The predicted molar refractivity (Wildman–Crippen MR) is 94.6 cm³/mol. The minimum Gasteiger partial charge on any atom is -0.494 e. The highest BCUT2D eigenvalue weighted by atomic mass is 35.5. The van der Waals surface area contributed by atoms with Crippen molar-refractivity contribution < 1.29 is 17.9 Å². The molecule has 0 unspecified atom stereocenters. The van der Waals surface area contributed by atoms with E-state index < -0.39 is 11.7 Å². The number of hydrogen-bond donors (Lipinski definition) is 1. The van der Waals surface area contributed by atoms with Gasteiger partial charge in [-0.1, -0.05) is 11.6 Å². The van der Waals surface area contributed by atoms with E-state index in [9.17, 15) is 13.2 Å². The van der Waals surface area contributed by atoms with Gasteiger partial charge in [0.2, 0.25) is 0 Å². The van der Waals surface area contributed by atoms with Crippen molar-refractivity contribution in [1.29, 1.82) is 0 Å². The topological polar surface area (TPSA) is 52.5 Å². The lowest BCUT2D eigenvalue weighted by Gasteiger charge is -2.11. The van der Waals surface area contributed by atoms with Gasteiger partial charge in [-0.2, -0.15) is 13.2 Å². The summed E-state index contributed by atoms with van der Waals surface area (Å²) in [5.41, 5.74) is 6.93. The lowest BCUT2D eigenvalue weighted by atomic mass is 10.1. The first-order valence-corrected chi connectivity index (χ1v) is 8.44. The van der Waals surface area contributed by atoms with Gasteiger partial charge in [0.15, 0.2) is 5.65 Å². The van der Waals surface area contributed by atoms with Gasteiger partial charge in [-0.05, 0) is 43.8 Å². The molecule has 0 fully saturated rings. The second kappa shape index (κ2) is 7.17. The van der Waals surface area contributed by atoms with Gasteiger partial charge in [0.05, 0.1) is 28.6 Å². The summed E-state index contributed by atoms with van der Waals surface area (Å²) in [7, 11) is 0. The third-order valence-corrected chi connectivity index (χ3v) is 4.17. The van der Waals surface area contributed by atoms with Gasteiger partial charge >= 0.3 is 6.18 Å². The van der Waals surface area contributed by atoms with Crippen molar-refractivity contribution in [2.24, 2.45) is 5.73 Å². The van der Waals surface area contributed by atoms with E-state index in [1.54, 1.807) is 24.3 Å². The molecule has 3 aromatic rings. The van der Waals surface area contributed by atoms with E-state index in [1.165, 1.54) is 4.40 Å². The fourth-order valence-electron chi connectivity index (χ4n) is 2.80. The fourth-order valence-corrected chi connectivity index (χ4v) is 3.05. The van der Waals surface area contributed by atoms with Crippen LogP contribution in [0.4, 0.5) is 13.2 Å². The summed E-state index contributed by atoms with van der Waals surface area (Å²) < 4.78 is 46.4. The van der Waals surface area contributed by atoms with Crippen LogP contribution in [-0.2, 0) is 12.6 Å². The third-order valence-electron chi connectivity index (χ3n) is 3.89. The maximum Gasteiger partial charge on any atom is 0.417 e. The van der Waals surface area contributed by atoms with Crippen LogP contribution < -0.4 is 10.5 Å². The van der Waals surface area contributed by atoms with Crippen molar-refractivity contribution in [2.75, 3.05) is 13.2 Å². The highest BCUT2D eigenvalue weighted by molar-refractivity contribution is 6.33. The molecule has 1 aromatic carbocycles. The zero-order chi connectivity index (χ0) is 18.9. The molecule has 2 aromatic heterocycles. The molecule has 3 rings (SSSR count). The van der Waals surface area contributed by atoms with E-state index in [1.807, 2.05) is 6.92 Å². The second-order valence-electron chi connectivity index (χ2n) is 5.67. The summed E-state index contributed by atoms with van der Waals surface area (Å²) >= 11 is 6.07. The van der Waals surface area contributed by atoms with E-state index in [0.717, 1.165) is 12.3 Å². The van der Waals surface area contributed by atoms with Gasteiger partial charge in [0.25, 0.3) is 0 Å². The maximum atomic E-state index is 13.2. The van der Waals surface area contributed by atoms with E-state index in [0.29, 0.717) is 42.3 Å². The number of nitrogens with two attached hydrogens (primary N) is 1. The number of halogens is 4. The van der Waals surface area contributed by atoms with Crippen LogP contribution >= 0.6 is 11.6 Å². The van der Waals surface area contributed by atoms with Gasteiger partial charge in [-0.3, -0.25) is 4.40 Å². The van der Waals surface area contributed by atoms with Gasteiger partial charge in [-0.15, -0.1) is 0 Å². The number of benzene rings is 1. The van der Waals surface area contributed by atoms with Crippen LogP contribution in [0.2, 0.25) is 5.02 Å². The Labute approximate surface area is 153 Å². The Hall–Kier alpha value is -2.25. The predicted octanol–water partition coefficient (Wildman–Crippen LogP) is 4.57. The van der Waals surface area contributed by atoms with Gasteiger partial charge < -0.3 is 10.5 Å². The van der Waals surface area contributed by atoms with Gasteiger partial charge in [-0.25, -0.2) is 4.98 Å². The Balaban J connectivity index is 2.23. The molecule has 0 radical (unpaired) electrons. The van der Waals surface area contributed by atoms with Crippen molar-refractivity contribution in [3.63, 3.8) is 0 Å². The molecule has 0 spiro atoms. The first-order chi connectivity index (χ1) is 12.3. The molecule has 0 aliphatic carbocycles. The standard InChI is InChI=1S/C18H17ClF3N3O/c1-2-26-13-5-3-11(4-6-13)16-15(7-8-23)24-17-14(19)9-12(10-25(16)17)18(20,21)22/h3-6,9-10H,2,7-8,23H2,1H3. The van der Waals surface area contributed by atoms with Crippen LogP contribution in [0.1, 0.15) is 18.2 Å². The Morgan fingerprint density at radius 1 is 1.23 bits per heavy atom. The SMILES string of the molecule is CCOc1ccc(-c2c(CCN)nc3c(Cl)cc(C(F)(F)F)cn23)cc1. The fraction of sp³-hybridized carbons (Fsp3) is 0.278. The first-order valence-electron chi connectivity index (χ1n) is 8.06. The Bertz CT molecular complexity index is 920. The average Bonchev–Trinajstić information content (AvgIpc) is 2.94. The molecule has 0 atom stereocenters. The van der Waals surface area contributed by atoms with Crippen LogP contribution in [0.15, 0.2) is 36.5 Å². The van der Waals surface area contributed by atoms with Crippen molar-refractivity contribution in [1.82, 2.24) is 9.38 Å². The number of aromatic nitrogens is 2. The molecule has 0 aliphatic heterocycles. The number of ether oxygens (including phenoxy) is 1. The number of alkyl halides is 3. The number of imidazole rings is 1. The van der Waals surface area contributed by atoms with Crippen LogP contribution in [0.25, 0.3) is 16.9 Å². The van der Waals surface area contributed by atoms with Crippen molar-refractivity contribution in [2.45, 2.75) is 19.5 Å². The molecule has 4 nitrogen and oxygen atoms in total. The number of pyridine rings is 1. The number of fused-ring (bicyclic) bond motifs is 1. The minimum absolute atomic E-state index is 0.0599. The maximum absolute atomic E-state index is 13.2. The van der Waals surface area contributed by atoms with Crippen LogP contribution in [0.5, 0.6) is 5.75 Å². The first kappa shape index (κ1) is 18.5. The van der Waals surface area contributed by atoms with E-state index >= 15 is 0 Å². The molecule has 0 aliphatic rings. The molecule has 0 amide bonds. The van der Waals surface area contributed by atoms with E-state index in [2.05, 4.69) is 4.98 Å². The van der Waals surface area contributed by atoms with Crippen molar-refractivity contribution in [3.8, 4) is 17.0 Å². The van der Waals surface area contributed by atoms with Crippen molar-refractivity contribution >= 4 is 17.2 Å². The number of nitrogens with zero attached hydrogens (tertiary/aromatic N) is 2. The summed E-state index contributed by atoms with van der Waals surface area (Å²) in [5, 5.41) is -0.0599. The largest absolute Gasteiger partial charge is 0.494 e. The highest BCUT2D eigenvalue weighted by Gasteiger charge is 2.32. The highest BCUT2D eigenvalue weighted by Crippen LogP contribution is 2.35. The van der Waals surface area contributed by atoms with Gasteiger partial charge in [0, 0.05) is 18.2 Å². The zero-order valence-electron chi connectivity index (χ0n) is 14.0. The Morgan fingerprint density at radius 2 is 1.92 bits per heavy atom. The minimum atomic E-state index is -4.51. The van der Waals surface area contributed by atoms with Crippen LogP contribution in [0, 0.1) is 0 Å². The zero-order valence-corrected chi connectivity index (χ0v) is 14.7. The molecule has 0 saturated heterocycles. The number of rotatable bonds is 5. The quantitative estimate of drug-likeness (QED) is 0.702. The Kier molecular flexibility index (Phi) is 5.11. The van der Waals surface area contributed by atoms with E-state index in [-0.39, 0.29) is 10.7 Å². The normalized spacial score (nSPS) is 11.9. The molecule has 0 saturated carbocycles. The lowest BCUT2D eigenvalue weighted by molar-refractivity contribution is -0.137. The smallest absolute Gasteiger partial charge is 0.417 e. The molecule has 2 N–H and O–H groups in total. The second-order valence-corrected chi connectivity index (χ2v) is 6.08. The summed E-state index contributed by atoms with van der Waals surface area (Å²) in [6, 6.07) is 7.97. The molecular formula is C18H17ClF3N3O. The molecular weight excluding hydrogens is 367 g/mol. The molecule has 138 valence electrons. The van der Waals surface area contributed by atoms with Gasteiger partial charge in [0.1, 0.15) is 5.75 Å². The summed E-state index contributed by atoms with van der Waals surface area (Å²) in [5.74, 6) is 0.680. The summed E-state index contributed by atoms with van der Waals surface area (Å²) in [6.45, 7) is 2.72. The van der Waals surface area contributed by atoms with Crippen molar-refractivity contribution in [3.05, 3.63) is 52.8 Å². The van der Waals surface area contributed by atoms with Crippen LogP contribution in [-0.4, -0.2) is 22.5 Å². The monoisotopic (exact) mass is 383 g/mol. The third kappa shape index (κ3) is 3.50. The molecule has 2 heterocycles. The van der Waals surface area contributed by atoms with E-state index in [4.69, 9.17) is 22.1 Å². The molecule has 26 heavy (non-hydrogen) atoms. The summed E-state index contributed by atoms with van der Waals surface area (Å²) in [4.78, 5) is 4.41. The lowest BCUT2D eigenvalue weighted by Crippen LogP contribution is -2.07.